The number of carbonyl (C=O) groups is 2. The lowest BCUT2D eigenvalue weighted by atomic mass is 9.95. The number of rotatable bonds is 6. The molecule has 4 N–H and O–H groups in total. The van der Waals surface area contributed by atoms with Crippen LogP contribution in [0.5, 0.6) is 0 Å². The number of nitrogens with two attached hydrogens (primary N) is 1. The molecule has 126 valence electrons. The first kappa shape index (κ1) is 18.3. The van der Waals surface area contributed by atoms with Crippen LogP contribution >= 0.6 is 23.2 Å². The Labute approximate surface area is 149 Å². The first-order valence-corrected chi connectivity index (χ1v) is 7.94. The second-order valence-electron chi connectivity index (χ2n) is 5.23. The summed E-state index contributed by atoms with van der Waals surface area (Å²) >= 11 is 12.0. The van der Waals surface area contributed by atoms with Gasteiger partial charge >= 0.3 is 5.97 Å². The van der Waals surface area contributed by atoms with Gasteiger partial charge in [-0.1, -0.05) is 35.3 Å². The molecular weight excluding hydrogens is 351 g/mol. The number of carbonyl (C=O) groups excluding carboxylic acids is 1. The monoisotopic (exact) mass is 366 g/mol. The highest BCUT2D eigenvalue weighted by Gasteiger charge is 2.16. The fourth-order valence-electron chi connectivity index (χ4n) is 2.26. The van der Waals surface area contributed by atoms with Crippen LogP contribution in [-0.2, 0) is 4.79 Å². The standard InChI is InChI=1S/C17H16Cl2N2O3/c18-13-3-1-2-11(6-13)17(24)21-15-7-10(4-5-14(15)19)12(9-20)8-16(22)23/h1-7,12H,8-9,20H2,(H,21,24)(H,22,23)/t12-/m0/s1. The van der Waals surface area contributed by atoms with E-state index < -0.39 is 5.97 Å². The number of carboxylic acid groups (broad SMARTS) is 1. The van der Waals surface area contributed by atoms with Gasteiger partial charge in [-0.05, 0) is 42.4 Å². The van der Waals surface area contributed by atoms with Crippen LogP contribution in [0.15, 0.2) is 42.5 Å². The van der Waals surface area contributed by atoms with Crippen molar-refractivity contribution in [2.45, 2.75) is 12.3 Å². The molecule has 2 aromatic carbocycles. The van der Waals surface area contributed by atoms with E-state index in [0.29, 0.717) is 26.9 Å². The molecule has 0 aliphatic heterocycles. The van der Waals surface area contributed by atoms with Crippen LogP contribution in [0.3, 0.4) is 0 Å². The molecule has 2 aromatic rings. The second kappa shape index (κ2) is 8.15. The minimum atomic E-state index is -0.940. The van der Waals surface area contributed by atoms with Crippen molar-refractivity contribution in [3.63, 3.8) is 0 Å². The molecule has 0 saturated heterocycles. The summed E-state index contributed by atoms with van der Waals surface area (Å²) < 4.78 is 0. The highest BCUT2D eigenvalue weighted by atomic mass is 35.5. The van der Waals surface area contributed by atoms with Gasteiger partial charge in [0.15, 0.2) is 0 Å². The van der Waals surface area contributed by atoms with E-state index in [2.05, 4.69) is 5.32 Å². The molecule has 5 nitrogen and oxygen atoms in total. The van der Waals surface area contributed by atoms with Crippen molar-refractivity contribution < 1.29 is 14.7 Å². The molecule has 24 heavy (non-hydrogen) atoms. The van der Waals surface area contributed by atoms with Crippen molar-refractivity contribution >= 4 is 40.8 Å². The zero-order chi connectivity index (χ0) is 17.7. The van der Waals surface area contributed by atoms with E-state index in [1.54, 1.807) is 42.5 Å². The Morgan fingerprint density at radius 1 is 1.17 bits per heavy atom. The van der Waals surface area contributed by atoms with Crippen LogP contribution in [0.25, 0.3) is 0 Å². The number of hydrogen-bond acceptors (Lipinski definition) is 3. The van der Waals surface area contributed by atoms with E-state index in [-0.39, 0.29) is 24.8 Å². The van der Waals surface area contributed by atoms with E-state index in [1.807, 2.05) is 0 Å². The Bertz CT molecular complexity index is 765. The van der Waals surface area contributed by atoms with Gasteiger partial charge in [0.2, 0.25) is 0 Å². The van der Waals surface area contributed by atoms with Crippen LogP contribution in [-0.4, -0.2) is 23.5 Å². The molecule has 0 aliphatic rings. The molecule has 0 aromatic heterocycles. The maximum absolute atomic E-state index is 12.3. The smallest absolute Gasteiger partial charge is 0.304 e. The van der Waals surface area contributed by atoms with Gasteiger partial charge in [-0.15, -0.1) is 0 Å². The molecule has 0 saturated carbocycles. The van der Waals surface area contributed by atoms with Crippen LogP contribution in [0.1, 0.15) is 28.3 Å². The van der Waals surface area contributed by atoms with Crippen molar-refractivity contribution in [3.05, 3.63) is 63.6 Å². The van der Waals surface area contributed by atoms with Crippen LogP contribution in [0.4, 0.5) is 5.69 Å². The van der Waals surface area contributed by atoms with Crippen LogP contribution < -0.4 is 11.1 Å². The lowest BCUT2D eigenvalue weighted by Crippen LogP contribution is -2.17. The average Bonchev–Trinajstić information content (AvgIpc) is 2.54. The lowest BCUT2D eigenvalue weighted by Gasteiger charge is -2.15. The summed E-state index contributed by atoms with van der Waals surface area (Å²) in [5.41, 5.74) is 7.14. The molecular formula is C17H16Cl2N2O3. The third kappa shape index (κ3) is 4.71. The molecule has 0 heterocycles. The van der Waals surface area contributed by atoms with E-state index >= 15 is 0 Å². The Morgan fingerprint density at radius 3 is 2.54 bits per heavy atom. The van der Waals surface area contributed by atoms with E-state index in [0.717, 1.165) is 0 Å². The van der Waals surface area contributed by atoms with Gasteiger partial charge in [-0.2, -0.15) is 0 Å². The third-order valence-corrected chi connectivity index (χ3v) is 4.07. The van der Waals surface area contributed by atoms with Crippen molar-refractivity contribution in [1.82, 2.24) is 0 Å². The van der Waals surface area contributed by atoms with Gasteiger partial charge in [0.1, 0.15) is 0 Å². The SMILES string of the molecule is NC[C@H](CC(=O)O)c1ccc(Cl)c(NC(=O)c2cccc(Cl)c2)c1. The van der Waals surface area contributed by atoms with E-state index in [4.69, 9.17) is 34.0 Å². The molecule has 7 heteroatoms. The first-order chi connectivity index (χ1) is 11.4. The van der Waals surface area contributed by atoms with Crippen molar-refractivity contribution in [2.24, 2.45) is 5.73 Å². The van der Waals surface area contributed by atoms with Gasteiger partial charge in [-0.25, -0.2) is 0 Å². The quantitative estimate of drug-likeness (QED) is 0.725. The second-order valence-corrected chi connectivity index (χ2v) is 6.08. The summed E-state index contributed by atoms with van der Waals surface area (Å²) in [6.45, 7) is 0.176. The highest BCUT2D eigenvalue weighted by molar-refractivity contribution is 6.34. The average molecular weight is 367 g/mol. The summed E-state index contributed by atoms with van der Waals surface area (Å²) in [5, 5.41) is 12.5. The van der Waals surface area contributed by atoms with E-state index in [1.165, 1.54) is 0 Å². The Hall–Kier alpha value is -2.08. The maximum Gasteiger partial charge on any atom is 0.304 e. The minimum absolute atomic E-state index is 0.0974. The first-order valence-electron chi connectivity index (χ1n) is 7.19. The summed E-state index contributed by atoms with van der Waals surface area (Å²) in [6.07, 6.45) is -0.0974. The molecule has 1 atom stereocenters. The fraction of sp³-hybridized carbons (Fsp3) is 0.176. The number of benzene rings is 2. The van der Waals surface area contributed by atoms with Crippen molar-refractivity contribution in [2.75, 3.05) is 11.9 Å². The van der Waals surface area contributed by atoms with Gasteiger partial charge in [-0.3, -0.25) is 9.59 Å². The molecule has 0 unspecified atom stereocenters. The lowest BCUT2D eigenvalue weighted by molar-refractivity contribution is -0.137. The molecule has 0 radical (unpaired) electrons. The zero-order valence-corrected chi connectivity index (χ0v) is 14.1. The summed E-state index contributed by atoms with van der Waals surface area (Å²) in [7, 11) is 0. The number of aliphatic carboxylic acids is 1. The molecule has 2 rings (SSSR count). The highest BCUT2D eigenvalue weighted by Crippen LogP contribution is 2.28. The van der Waals surface area contributed by atoms with Gasteiger partial charge in [0.05, 0.1) is 17.1 Å². The Balaban J connectivity index is 2.25. The largest absolute Gasteiger partial charge is 0.481 e. The number of nitrogens with one attached hydrogen (secondary N) is 1. The Kier molecular flexibility index (Phi) is 6.20. The molecule has 0 bridgehead atoms. The summed E-state index contributed by atoms with van der Waals surface area (Å²) in [4.78, 5) is 23.2. The minimum Gasteiger partial charge on any atom is -0.481 e. The third-order valence-electron chi connectivity index (χ3n) is 3.50. The number of halogens is 2. The Morgan fingerprint density at radius 2 is 1.92 bits per heavy atom. The molecule has 0 fully saturated rings. The van der Waals surface area contributed by atoms with Gasteiger partial charge < -0.3 is 16.2 Å². The summed E-state index contributed by atoms with van der Waals surface area (Å²) in [5.74, 6) is -1.66. The molecule has 0 spiro atoms. The predicted molar refractivity (Wildman–Crippen MR) is 94.9 cm³/mol. The van der Waals surface area contributed by atoms with Gasteiger partial charge in [0.25, 0.3) is 5.91 Å². The number of carboxylic acids is 1. The predicted octanol–water partition coefficient (Wildman–Crippen LogP) is 3.76. The maximum atomic E-state index is 12.3. The van der Waals surface area contributed by atoms with Crippen molar-refractivity contribution in [1.29, 1.82) is 0 Å². The molecule has 1 amide bonds. The van der Waals surface area contributed by atoms with Crippen molar-refractivity contribution in [3.8, 4) is 0 Å². The molecule has 0 aliphatic carbocycles. The normalized spacial score (nSPS) is 11.8. The van der Waals surface area contributed by atoms with Crippen LogP contribution in [0.2, 0.25) is 10.0 Å². The number of hydrogen-bond donors (Lipinski definition) is 3. The number of amides is 1. The van der Waals surface area contributed by atoms with Crippen LogP contribution in [0, 0.1) is 0 Å². The van der Waals surface area contributed by atoms with E-state index in [9.17, 15) is 9.59 Å². The number of anilines is 1. The summed E-state index contributed by atoms with van der Waals surface area (Å²) in [6, 6.07) is 11.5. The fourth-order valence-corrected chi connectivity index (χ4v) is 2.62. The van der Waals surface area contributed by atoms with Gasteiger partial charge in [0, 0.05) is 16.5 Å². The zero-order valence-electron chi connectivity index (χ0n) is 12.6. The topological polar surface area (TPSA) is 92.4 Å².